The molecule has 2 N–H and O–H groups in total. The molecule has 0 rings (SSSR count). The van der Waals surface area contributed by atoms with Gasteiger partial charge in [0.25, 0.3) is 6.04 Å². The van der Waals surface area contributed by atoms with Gasteiger partial charge in [-0.3, -0.25) is 10.1 Å². The molecule has 0 saturated heterocycles. The summed E-state index contributed by atoms with van der Waals surface area (Å²) < 4.78 is 0. The summed E-state index contributed by atoms with van der Waals surface area (Å²) in [7, 11) is 0. The third kappa shape index (κ3) is 4.80. The summed E-state index contributed by atoms with van der Waals surface area (Å²) in [5.41, 5.74) is 0. The van der Waals surface area contributed by atoms with Crippen LogP contribution in [-0.4, -0.2) is 34.4 Å². The first-order valence-electron chi connectivity index (χ1n) is 2.07. The Bertz CT molecular complexity index is 83.9. The molecule has 9 heavy (non-hydrogen) atoms. The summed E-state index contributed by atoms with van der Waals surface area (Å²) >= 11 is 0. The van der Waals surface area contributed by atoms with Crippen LogP contribution in [0.2, 0.25) is 0 Å². The average Bonchev–Trinajstić information content (AvgIpc) is 1.69. The van der Waals surface area contributed by atoms with E-state index in [2.05, 4.69) is 0 Å². The van der Waals surface area contributed by atoms with Crippen LogP contribution in [0, 0.1) is 10.1 Å². The molecule has 0 atom stereocenters. The number of aliphatic hydroxyl groups is 2. The topological polar surface area (TPSA) is 83.6 Å². The molecule has 6 heteroatoms. The van der Waals surface area contributed by atoms with E-state index < -0.39 is 24.2 Å². The Morgan fingerprint density at radius 1 is 1.44 bits per heavy atom. The zero-order chi connectivity index (χ0) is 6.57. The van der Waals surface area contributed by atoms with E-state index >= 15 is 0 Å². The molecule has 0 amide bonds. The van der Waals surface area contributed by atoms with Crippen molar-refractivity contribution >= 4 is 0 Å². The molecule has 0 spiro atoms. The molecule has 0 fully saturated rings. The van der Waals surface area contributed by atoms with Crippen molar-refractivity contribution in [1.29, 1.82) is 0 Å². The summed E-state index contributed by atoms with van der Waals surface area (Å²) in [6, 6.07) is -1.21. The predicted octanol–water partition coefficient (Wildman–Crippen LogP) is -4.38. The molecule has 0 aliphatic heterocycles. The molecular weight excluding hydrogens is 137 g/mol. The van der Waals surface area contributed by atoms with Crippen molar-refractivity contribution in [3.8, 4) is 0 Å². The Labute approximate surface area is 74.1 Å². The molecule has 0 heterocycles. The van der Waals surface area contributed by atoms with Crippen LogP contribution < -0.4 is 29.6 Å². The van der Waals surface area contributed by atoms with Crippen LogP contribution in [0.4, 0.5) is 0 Å². The van der Waals surface area contributed by atoms with E-state index in [4.69, 9.17) is 10.2 Å². The van der Waals surface area contributed by atoms with Crippen molar-refractivity contribution in [3.05, 3.63) is 10.1 Å². The molecule has 48 valence electrons. The number of nitrogens with zero attached hydrogens (tertiary/aromatic N) is 1. The van der Waals surface area contributed by atoms with Crippen LogP contribution in [0.1, 0.15) is 0 Å². The Hall–Kier alpha value is 0.320. The molecule has 0 aromatic heterocycles. The van der Waals surface area contributed by atoms with Crippen LogP contribution in [-0.2, 0) is 0 Å². The molecule has 0 aromatic rings. The minimum Gasteiger partial charge on any atom is -0.389 e. The van der Waals surface area contributed by atoms with Gasteiger partial charge < -0.3 is 10.2 Å². The smallest absolute Gasteiger partial charge is 0.389 e. The average molecular weight is 144 g/mol. The standard InChI is InChI=1S/C3H7NO4.Na/c5-1-3(2-6)4(7)8;/h3,5-6H,1-2H2;/q;+1. The Morgan fingerprint density at radius 3 is 1.78 bits per heavy atom. The van der Waals surface area contributed by atoms with Crippen LogP contribution in [0.5, 0.6) is 0 Å². The number of aliphatic hydroxyl groups excluding tert-OH is 2. The predicted molar refractivity (Wildman–Crippen MR) is 25.0 cm³/mol. The number of nitro groups is 1. The molecule has 0 saturated carbocycles. The van der Waals surface area contributed by atoms with Gasteiger partial charge in [-0.1, -0.05) is 0 Å². The molecule has 0 aliphatic rings. The van der Waals surface area contributed by atoms with Crippen molar-refractivity contribution < 1.29 is 44.7 Å². The zero-order valence-electron chi connectivity index (χ0n) is 5.15. The van der Waals surface area contributed by atoms with E-state index in [1.165, 1.54) is 0 Å². The first kappa shape index (κ1) is 12.0. The van der Waals surface area contributed by atoms with Crippen LogP contribution in [0.3, 0.4) is 0 Å². The van der Waals surface area contributed by atoms with Gasteiger partial charge in [0, 0.05) is 4.92 Å². The van der Waals surface area contributed by atoms with E-state index in [9.17, 15) is 10.1 Å². The van der Waals surface area contributed by atoms with Gasteiger partial charge in [-0.2, -0.15) is 0 Å². The van der Waals surface area contributed by atoms with Crippen LogP contribution in [0.15, 0.2) is 0 Å². The van der Waals surface area contributed by atoms with Crippen LogP contribution in [0.25, 0.3) is 0 Å². The van der Waals surface area contributed by atoms with E-state index in [0.29, 0.717) is 0 Å². The third-order valence-corrected chi connectivity index (χ3v) is 0.720. The summed E-state index contributed by atoms with van der Waals surface area (Å²) in [6.45, 7) is -1.22. The van der Waals surface area contributed by atoms with Gasteiger partial charge in [0.2, 0.25) is 0 Å². The maximum Gasteiger partial charge on any atom is 1.00 e. The Balaban J connectivity index is 0. The summed E-state index contributed by atoms with van der Waals surface area (Å²) in [5, 5.41) is 25.8. The second-order valence-electron chi connectivity index (χ2n) is 1.30. The van der Waals surface area contributed by atoms with E-state index in [-0.39, 0.29) is 29.6 Å². The molecule has 5 nitrogen and oxygen atoms in total. The summed E-state index contributed by atoms with van der Waals surface area (Å²) in [4.78, 5) is 8.92. The van der Waals surface area contributed by atoms with E-state index in [1.54, 1.807) is 0 Å². The van der Waals surface area contributed by atoms with Crippen molar-refractivity contribution in [2.45, 2.75) is 6.04 Å². The molecule has 0 aromatic carbocycles. The molecule has 0 aliphatic carbocycles. The first-order valence-corrected chi connectivity index (χ1v) is 2.07. The fourth-order valence-electron chi connectivity index (χ4n) is 0.191. The molecule has 0 bridgehead atoms. The van der Waals surface area contributed by atoms with Crippen molar-refractivity contribution in [1.82, 2.24) is 0 Å². The SMILES string of the molecule is O=[N+]([O-])C(CO)CO.[Na+]. The number of hydrogen-bond acceptors (Lipinski definition) is 4. The minimum atomic E-state index is -1.21. The Morgan fingerprint density at radius 2 is 1.78 bits per heavy atom. The maximum absolute atomic E-state index is 9.65. The monoisotopic (exact) mass is 144 g/mol. The van der Waals surface area contributed by atoms with Gasteiger partial charge in [-0.05, 0) is 0 Å². The van der Waals surface area contributed by atoms with Crippen molar-refractivity contribution in [2.75, 3.05) is 13.2 Å². The Kier molecular flexibility index (Phi) is 8.62. The van der Waals surface area contributed by atoms with Gasteiger partial charge >= 0.3 is 29.6 Å². The molecule has 0 radical (unpaired) electrons. The zero-order valence-corrected chi connectivity index (χ0v) is 7.15. The number of rotatable bonds is 3. The number of hydrogen-bond donors (Lipinski definition) is 2. The van der Waals surface area contributed by atoms with Crippen LogP contribution >= 0.6 is 0 Å². The largest absolute Gasteiger partial charge is 1.00 e. The fourth-order valence-corrected chi connectivity index (χ4v) is 0.191. The van der Waals surface area contributed by atoms with Crippen molar-refractivity contribution in [2.24, 2.45) is 0 Å². The summed E-state index contributed by atoms with van der Waals surface area (Å²) in [5.74, 6) is 0. The fraction of sp³-hybridized carbons (Fsp3) is 1.00. The third-order valence-electron chi connectivity index (χ3n) is 0.720. The molecular formula is C3H7NNaO4+. The van der Waals surface area contributed by atoms with Gasteiger partial charge in [-0.15, -0.1) is 0 Å². The second kappa shape index (κ2) is 6.44. The van der Waals surface area contributed by atoms with Gasteiger partial charge in [0.1, 0.15) is 13.2 Å². The van der Waals surface area contributed by atoms with Crippen molar-refractivity contribution in [3.63, 3.8) is 0 Å². The quantitative estimate of drug-likeness (QED) is 0.238. The first-order chi connectivity index (χ1) is 3.72. The molecule has 0 unspecified atom stereocenters. The normalized spacial score (nSPS) is 8.78. The van der Waals surface area contributed by atoms with Gasteiger partial charge in [0.15, 0.2) is 0 Å². The minimum absolute atomic E-state index is 0. The van der Waals surface area contributed by atoms with Gasteiger partial charge in [0.05, 0.1) is 0 Å². The van der Waals surface area contributed by atoms with Gasteiger partial charge in [-0.25, -0.2) is 0 Å². The van der Waals surface area contributed by atoms with E-state index in [0.717, 1.165) is 0 Å². The maximum atomic E-state index is 9.65. The summed E-state index contributed by atoms with van der Waals surface area (Å²) in [6.07, 6.45) is 0. The second-order valence-corrected chi connectivity index (χ2v) is 1.30. The van der Waals surface area contributed by atoms with E-state index in [1.807, 2.05) is 0 Å².